The summed E-state index contributed by atoms with van der Waals surface area (Å²) in [6, 6.07) is 31.5. The third kappa shape index (κ3) is 3.59. The van der Waals surface area contributed by atoms with Gasteiger partial charge in [0.2, 0.25) is 0 Å². The molecule has 27 heavy (non-hydrogen) atoms. The fourth-order valence-electron chi connectivity index (χ4n) is 3.15. The van der Waals surface area contributed by atoms with E-state index in [1.165, 1.54) is 5.06 Å². The molecule has 0 aromatic heterocycles. The zero-order chi connectivity index (χ0) is 18.6. The molecule has 1 N–H and O–H groups in total. The summed E-state index contributed by atoms with van der Waals surface area (Å²) < 4.78 is 0. The predicted octanol–water partition coefficient (Wildman–Crippen LogP) is 6.12. The number of hydrogen-bond donors (Lipinski definition) is 1. The first kappa shape index (κ1) is 17.0. The van der Waals surface area contributed by atoms with Gasteiger partial charge in [0.05, 0.1) is 11.4 Å². The Bertz CT molecular complexity index is 1100. The van der Waals surface area contributed by atoms with E-state index in [9.17, 15) is 5.21 Å². The van der Waals surface area contributed by atoms with Crippen LogP contribution in [0.1, 0.15) is 11.1 Å². The Kier molecular flexibility index (Phi) is 4.69. The van der Waals surface area contributed by atoms with Gasteiger partial charge in [-0.3, -0.25) is 5.21 Å². The minimum Gasteiger partial charge on any atom is -0.282 e. The molecule has 0 heterocycles. The van der Waals surface area contributed by atoms with Gasteiger partial charge in [0, 0.05) is 10.9 Å². The van der Waals surface area contributed by atoms with Crippen LogP contribution in [0.4, 0.5) is 11.4 Å². The van der Waals surface area contributed by atoms with E-state index in [1.54, 1.807) is 0 Å². The molecule has 0 aliphatic rings. The molecule has 0 aliphatic carbocycles. The molecule has 0 saturated carbocycles. The lowest BCUT2D eigenvalue weighted by molar-refractivity contribution is 0.314. The molecule has 0 unspecified atom stereocenters. The van der Waals surface area contributed by atoms with Gasteiger partial charge in [-0.05, 0) is 36.1 Å². The second kappa shape index (κ2) is 7.44. The van der Waals surface area contributed by atoms with Gasteiger partial charge in [0.15, 0.2) is 5.84 Å². The highest BCUT2D eigenvalue weighted by Gasteiger charge is 2.16. The first-order valence-electron chi connectivity index (χ1n) is 8.90. The summed E-state index contributed by atoms with van der Waals surface area (Å²) in [7, 11) is 0. The average molecular weight is 352 g/mol. The van der Waals surface area contributed by atoms with Crippen LogP contribution >= 0.6 is 0 Å². The number of aliphatic imine (C=N–C) groups is 1. The lowest BCUT2D eigenvalue weighted by atomic mass is 10.1. The van der Waals surface area contributed by atoms with Gasteiger partial charge in [-0.25, -0.2) is 10.1 Å². The molecular formula is C24H20N2O. The van der Waals surface area contributed by atoms with Crippen molar-refractivity contribution in [2.24, 2.45) is 4.99 Å². The molecule has 0 bridgehead atoms. The Morgan fingerprint density at radius 2 is 1.48 bits per heavy atom. The number of fused-ring (bicyclic) bond motifs is 1. The van der Waals surface area contributed by atoms with Gasteiger partial charge in [-0.15, -0.1) is 0 Å². The van der Waals surface area contributed by atoms with Crippen molar-refractivity contribution in [3.63, 3.8) is 0 Å². The summed E-state index contributed by atoms with van der Waals surface area (Å²) in [6.45, 7) is 2.03. The van der Waals surface area contributed by atoms with Gasteiger partial charge in [0.25, 0.3) is 0 Å². The molecule has 4 aromatic carbocycles. The smallest absolute Gasteiger partial charge is 0.165 e. The van der Waals surface area contributed by atoms with Crippen molar-refractivity contribution in [2.45, 2.75) is 6.92 Å². The summed E-state index contributed by atoms with van der Waals surface area (Å²) in [5.74, 6) is 0.484. The number of nitrogens with zero attached hydrogens (tertiary/aromatic N) is 2. The van der Waals surface area contributed by atoms with Gasteiger partial charge in [-0.2, -0.15) is 0 Å². The van der Waals surface area contributed by atoms with Crippen molar-refractivity contribution < 1.29 is 5.21 Å². The second-order valence-electron chi connectivity index (χ2n) is 6.45. The molecule has 132 valence electrons. The number of rotatable bonds is 3. The quantitative estimate of drug-likeness (QED) is 0.274. The molecule has 4 rings (SSSR count). The summed E-state index contributed by atoms with van der Waals surface area (Å²) in [5.41, 5.74) is 3.46. The zero-order valence-corrected chi connectivity index (χ0v) is 15.1. The van der Waals surface area contributed by atoms with Crippen LogP contribution < -0.4 is 5.06 Å². The van der Waals surface area contributed by atoms with Crippen LogP contribution in [-0.4, -0.2) is 11.0 Å². The normalized spacial score (nSPS) is 11.6. The number of benzene rings is 4. The first-order chi connectivity index (χ1) is 13.2. The van der Waals surface area contributed by atoms with Crippen molar-refractivity contribution in [1.82, 2.24) is 0 Å². The topological polar surface area (TPSA) is 35.8 Å². The van der Waals surface area contributed by atoms with Crippen LogP contribution in [0.15, 0.2) is 102 Å². The Morgan fingerprint density at radius 3 is 2.30 bits per heavy atom. The number of hydrogen-bond acceptors (Lipinski definition) is 2. The van der Waals surface area contributed by atoms with Crippen LogP contribution in [0.2, 0.25) is 0 Å². The van der Waals surface area contributed by atoms with Crippen molar-refractivity contribution >= 4 is 28.0 Å². The monoisotopic (exact) mass is 352 g/mol. The molecule has 0 aliphatic heterocycles. The highest BCUT2D eigenvalue weighted by Crippen LogP contribution is 2.28. The highest BCUT2D eigenvalue weighted by molar-refractivity contribution is 6.13. The second-order valence-corrected chi connectivity index (χ2v) is 6.45. The van der Waals surface area contributed by atoms with E-state index >= 15 is 0 Å². The molecular weight excluding hydrogens is 332 g/mol. The lowest BCUT2D eigenvalue weighted by Crippen LogP contribution is -2.28. The summed E-state index contributed by atoms with van der Waals surface area (Å²) in [6.07, 6.45) is 0. The molecule has 0 atom stereocenters. The molecule has 3 heteroatoms. The zero-order valence-electron chi connectivity index (χ0n) is 15.1. The Balaban J connectivity index is 1.88. The molecule has 0 saturated heterocycles. The number of amidine groups is 1. The lowest BCUT2D eigenvalue weighted by Gasteiger charge is -2.21. The van der Waals surface area contributed by atoms with Crippen LogP contribution in [0.25, 0.3) is 10.8 Å². The van der Waals surface area contributed by atoms with Crippen LogP contribution in [0, 0.1) is 6.92 Å². The van der Waals surface area contributed by atoms with E-state index in [0.29, 0.717) is 11.5 Å². The minimum absolute atomic E-state index is 0.484. The molecule has 0 radical (unpaired) electrons. The van der Waals surface area contributed by atoms with Crippen LogP contribution in [0.3, 0.4) is 0 Å². The van der Waals surface area contributed by atoms with Crippen molar-refractivity contribution in [1.29, 1.82) is 0 Å². The van der Waals surface area contributed by atoms with E-state index in [-0.39, 0.29) is 0 Å². The predicted molar refractivity (Wildman–Crippen MR) is 112 cm³/mol. The number of aryl methyl sites for hydroxylation is 1. The summed E-state index contributed by atoms with van der Waals surface area (Å²) >= 11 is 0. The fourth-order valence-corrected chi connectivity index (χ4v) is 3.15. The van der Waals surface area contributed by atoms with E-state index in [4.69, 9.17) is 4.99 Å². The molecule has 0 fully saturated rings. The van der Waals surface area contributed by atoms with Gasteiger partial charge < -0.3 is 0 Å². The standard InChI is InChI=1S/C24H20N2O/c1-18-9-7-14-21(17-18)25-24(20-11-3-2-4-12-20)26(27)23-16-8-13-19-10-5-6-15-22(19)23/h2-17,27H,1H3. The van der Waals surface area contributed by atoms with Gasteiger partial charge in [0.1, 0.15) is 0 Å². The molecule has 4 aromatic rings. The summed E-state index contributed by atoms with van der Waals surface area (Å²) in [5, 5.41) is 14.4. The van der Waals surface area contributed by atoms with E-state index in [1.807, 2.05) is 104 Å². The molecule has 0 spiro atoms. The van der Waals surface area contributed by atoms with Crippen LogP contribution in [0.5, 0.6) is 0 Å². The van der Waals surface area contributed by atoms with Crippen molar-refractivity contribution in [3.05, 3.63) is 108 Å². The first-order valence-corrected chi connectivity index (χ1v) is 8.90. The molecule has 3 nitrogen and oxygen atoms in total. The average Bonchev–Trinajstić information content (AvgIpc) is 2.72. The van der Waals surface area contributed by atoms with Gasteiger partial charge >= 0.3 is 0 Å². The van der Waals surface area contributed by atoms with Crippen molar-refractivity contribution in [3.8, 4) is 0 Å². The maximum absolute atomic E-state index is 11.2. The fraction of sp³-hybridized carbons (Fsp3) is 0.0417. The van der Waals surface area contributed by atoms with E-state index in [0.717, 1.165) is 27.6 Å². The Labute approximate surface area is 158 Å². The van der Waals surface area contributed by atoms with Gasteiger partial charge in [-0.1, -0.05) is 78.9 Å². The SMILES string of the molecule is Cc1cccc(N=C(c2ccccc2)N(O)c2cccc3ccccc23)c1. The number of hydroxylamine groups is 1. The van der Waals surface area contributed by atoms with E-state index < -0.39 is 0 Å². The molecule has 0 amide bonds. The van der Waals surface area contributed by atoms with E-state index in [2.05, 4.69) is 0 Å². The minimum atomic E-state index is 0.484. The third-order valence-electron chi connectivity index (χ3n) is 4.46. The Morgan fingerprint density at radius 1 is 0.778 bits per heavy atom. The maximum atomic E-state index is 11.2. The number of anilines is 1. The summed E-state index contributed by atoms with van der Waals surface area (Å²) in [4.78, 5) is 4.77. The van der Waals surface area contributed by atoms with Crippen molar-refractivity contribution in [2.75, 3.05) is 5.06 Å². The van der Waals surface area contributed by atoms with Crippen LogP contribution in [-0.2, 0) is 0 Å². The Hall–Kier alpha value is -3.43. The highest BCUT2D eigenvalue weighted by atomic mass is 16.5. The maximum Gasteiger partial charge on any atom is 0.165 e. The third-order valence-corrected chi connectivity index (χ3v) is 4.46. The largest absolute Gasteiger partial charge is 0.282 e.